The van der Waals surface area contributed by atoms with Crippen molar-refractivity contribution < 1.29 is 54.1 Å². The van der Waals surface area contributed by atoms with E-state index in [4.69, 9.17) is 14.2 Å². The topological polar surface area (TPSA) is 111 Å². The van der Waals surface area contributed by atoms with Gasteiger partial charge < -0.3 is 29.4 Å². The van der Waals surface area contributed by atoms with Gasteiger partial charge in [0.15, 0.2) is 0 Å². The van der Waals surface area contributed by atoms with E-state index in [1.807, 2.05) is 6.08 Å². The number of unbranched alkanes of at least 4 members (excludes halogenated alkanes) is 11. The molecule has 0 aromatic carbocycles. The van der Waals surface area contributed by atoms with Crippen molar-refractivity contribution >= 4 is 18.3 Å². The zero-order valence-electron chi connectivity index (χ0n) is 21.6. The van der Waals surface area contributed by atoms with Gasteiger partial charge in [-0.05, 0) is 12.8 Å². The van der Waals surface area contributed by atoms with Crippen LogP contribution in [-0.2, 0) is 49.0 Å². The first-order valence-corrected chi connectivity index (χ1v) is 12.8. The van der Waals surface area contributed by atoms with Crippen LogP contribution >= 0.6 is 0 Å². The van der Waals surface area contributed by atoms with E-state index in [2.05, 4.69) is 12.2 Å². The van der Waals surface area contributed by atoms with E-state index >= 15 is 0 Å². The molecular weight excluding hydrogens is 624 g/mol. The Morgan fingerprint density at radius 2 is 1.43 bits per heavy atom. The minimum Gasteiger partial charge on any atom is -0.522 e. The summed E-state index contributed by atoms with van der Waals surface area (Å²) in [6, 6.07) is -0.802. The van der Waals surface area contributed by atoms with Crippen molar-refractivity contribution in [2.45, 2.75) is 109 Å². The van der Waals surface area contributed by atoms with Crippen LogP contribution in [-0.4, -0.2) is 62.5 Å². The van der Waals surface area contributed by atoms with Gasteiger partial charge in [0.25, 0.3) is 0 Å². The van der Waals surface area contributed by atoms with Gasteiger partial charge in [-0.3, -0.25) is 9.59 Å². The molecule has 0 aliphatic rings. The van der Waals surface area contributed by atoms with Gasteiger partial charge in [0.05, 0.1) is 31.6 Å². The summed E-state index contributed by atoms with van der Waals surface area (Å²) in [6.45, 7) is 2.44. The van der Waals surface area contributed by atoms with E-state index in [1.165, 1.54) is 71.3 Å². The van der Waals surface area contributed by atoms with Crippen molar-refractivity contribution in [3.8, 4) is 0 Å². The zero-order valence-corrected chi connectivity index (χ0v) is 24.3. The molecule has 35 heavy (non-hydrogen) atoms. The Morgan fingerprint density at radius 1 is 0.886 bits per heavy atom. The third-order valence-electron chi connectivity index (χ3n) is 5.47. The Balaban J connectivity index is 0. The van der Waals surface area contributed by atoms with E-state index < -0.39 is 24.1 Å². The maximum Gasteiger partial charge on any atom is 0.306 e. The van der Waals surface area contributed by atoms with Crippen LogP contribution in [0.1, 0.15) is 96.8 Å². The molecule has 8 nitrogen and oxygen atoms in total. The summed E-state index contributed by atoms with van der Waals surface area (Å²) in [5.74, 6) is -1.13. The molecule has 0 aromatic heterocycles. The molecule has 1 radical (unpaired) electrons. The number of amides is 1. The number of hydrogen-bond acceptors (Lipinski definition) is 7. The number of hydrogen-bond donors (Lipinski definition) is 2. The Kier molecular flexibility index (Phi) is 28.0. The van der Waals surface area contributed by atoms with Crippen LogP contribution in [0.5, 0.6) is 0 Å². The van der Waals surface area contributed by atoms with Gasteiger partial charge >= 0.3 is 11.9 Å². The predicted octanol–water partition coefficient (Wildman–Crippen LogP) is 4.14. The minimum absolute atomic E-state index is 0. The van der Waals surface area contributed by atoms with Crippen LogP contribution in [0.15, 0.2) is 12.2 Å². The molecule has 0 bridgehead atoms. The number of rotatable bonds is 24. The number of methoxy groups -OCH3 is 1. The van der Waals surface area contributed by atoms with Gasteiger partial charge in [0.2, 0.25) is 0 Å². The van der Waals surface area contributed by atoms with Gasteiger partial charge in [0, 0.05) is 27.5 Å². The van der Waals surface area contributed by atoms with Crippen molar-refractivity contribution in [3.05, 3.63) is 12.2 Å². The number of ether oxygens (including phenoxy) is 3. The fraction of sp³-hybridized carbons (Fsp3) is 0.808. The summed E-state index contributed by atoms with van der Waals surface area (Å²) in [7, 11) is 1.49. The zero-order chi connectivity index (χ0) is 25.3. The standard InChI is InChI=1S/C26H46NO7.Re/c1-3-4-5-6-7-8-9-10-11-12-13-14-15-16-24(29)23(27-22-28)21-34-26(31)18-17-25(30)33-20-19-32-2;/h15-16,23-24,29H,3-14,17-21H2,1-2H3,(H,27,28);/q-1;/b16-15+;/t23?,24-;/m1./s1. The molecule has 9 heteroatoms. The first-order chi connectivity index (χ1) is 16.5. The predicted molar refractivity (Wildman–Crippen MR) is 132 cm³/mol. The molecule has 0 spiro atoms. The molecule has 0 heterocycles. The fourth-order valence-corrected chi connectivity index (χ4v) is 3.37. The summed E-state index contributed by atoms with van der Waals surface area (Å²) in [6.07, 6.45) is 18.7. The molecule has 0 aliphatic carbocycles. The molecular formula is C26H46NO7Re-. The Labute approximate surface area is 225 Å². The first-order valence-electron chi connectivity index (χ1n) is 12.8. The number of aliphatic hydroxyl groups is 1. The summed E-state index contributed by atoms with van der Waals surface area (Å²) >= 11 is 0. The normalized spacial score (nSPS) is 12.5. The van der Waals surface area contributed by atoms with Gasteiger partial charge in [-0.15, -0.1) is 0 Å². The van der Waals surface area contributed by atoms with Crippen molar-refractivity contribution in [2.75, 3.05) is 26.9 Å². The van der Waals surface area contributed by atoms with Crippen LogP contribution in [0.4, 0.5) is 0 Å². The number of nitrogens with one attached hydrogen (secondary N) is 1. The Morgan fingerprint density at radius 3 is 1.97 bits per heavy atom. The van der Waals surface area contributed by atoms with E-state index in [0.717, 1.165) is 19.3 Å². The third kappa shape index (κ3) is 24.2. The van der Waals surface area contributed by atoms with Crippen molar-refractivity contribution in [1.82, 2.24) is 5.32 Å². The molecule has 205 valence electrons. The SMILES string of the molecule is CCCCCCCCCCCCC/C=C/[C@@H](O)C(COC(=O)CCC(=O)OCCOC)N[C-]=O.[Re]. The van der Waals surface area contributed by atoms with Crippen LogP contribution in [0.25, 0.3) is 0 Å². The van der Waals surface area contributed by atoms with E-state index in [-0.39, 0.29) is 53.1 Å². The van der Waals surface area contributed by atoms with Crippen LogP contribution in [0.2, 0.25) is 0 Å². The molecule has 0 saturated carbocycles. The Bertz CT molecular complexity index is 546. The van der Waals surface area contributed by atoms with E-state index in [0.29, 0.717) is 0 Å². The molecule has 1 amide bonds. The molecule has 0 fully saturated rings. The average molecular weight is 671 g/mol. The number of allylic oxidation sites excluding steroid dienone is 1. The third-order valence-corrected chi connectivity index (χ3v) is 5.47. The molecule has 1 unspecified atom stereocenters. The average Bonchev–Trinajstić information content (AvgIpc) is 2.83. The quantitative estimate of drug-likeness (QED) is 0.0523. The first kappa shape index (κ1) is 35.9. The van der Waals surface area contributed by atoms with Crippen LogP contribution in [0.3, 0.4) is 0 Å². The summed E-state index contributed by atoms with van der Waals surface area (Å²) in [5.41, 5.74) is 0. The van der Waals surface area contributed by atoms with Gasteiger partial charge in [0.1, 0.15) is 13.2 Å². The van der Waals surface area contributed by atoms with Gasteiger partial charge in [-0.2, -0.15) is 6.41 Å². The number of carbonyl (C=O) groups excluding carboxylic acids is 3. The second-order valence-electron chi connectivity index (χ2n) is 8.49. The maximum atomic E-state index is 11.8. The second-order valence-corrected chi connectivity index (χ2v) is 8.49. The molecule has 0 rings (SSSR count). The summed E-state index contributed by atoms with van der Waals surface area (Å²) in [5, 5.41) is 12.6. The minimum atomic E-state index is -0.999. The fourth-order valence-electron chi connectivity index (χ4n) is 3.37. The van der Waals surface area contributed by atoms with Gasteiger partial charge in [-0.25, -0.2) is 0 Å². The number of aliphatic hydroxyl groups excluding tert-OH is 1. The molecule has 2 atom stereocenters. The molecule has 0 saturated heterocycles. The smallest absolute Gasteiger partial charge is 0.306 e. The maximum absolute atomic E-state index is 11.8. The summed E-state index contributed by atoms with van der Waals surface area (Å²) < 4.78 is 14.7. The van der Waals surface area contributed by atoms with Crippen LogP contribution in [0, 0.1) is 0 Å². The molecule has 0 aromatic rings. The van der Waals surface area contributed by atoms with Gasteiger partial charge in [-0.1, -0.05) is 83.3 Å². The summed E-state index contributed by atoms with van der Waals surface area (Å²) in [4.78, 5) is 34.0. The molecule has 0 aliphatic heterocycles. The number of esters is 2. The van der Waals surface area contributed by atoms with Crippen molar-refractivity contribution in [2.24, 2.45) is 0 Å². The van der Waals surface area contributed by atoms with Crippen LogP contribution < -0.4 is 5.32 Å². The Hall–Kier alpha value is -1.27. The number of carbonyl (C=O) groups is 2. The van der Waals surface area contributed by atoms with E-state index in [1.54, 1.807) is 6.08 Å². The molecule has 2 N–H and O–H groups in total. The monoisotopic (exact) mass is 671 g/mol. The van der Waals surface area contributed by atoms with Crippen molar-refractivity contribution in [1.29, 1.82) is 0 Å². The second kappa shape index (κ2) is 27.3. The van der Waals surface area contributed by atoms with Crippen molar-refractivity contribution in [3.63, 3.8) is 0 Å². The largest absolute Gasteiger partial charge is 0.522 e. The van der Waals surface area contributed by atoms with E-state index in [9.17, 15) is 19.5 Å².